The third-order valence-corrected chi connectivity index (χ3v) is 4.30. The molecule has 1 N–H and O–H groups in total. The molecule has 0 aliphatic heterocycles. The molecule has 0 radical (unpaired) electrons. The summed E-state index contributed by atoms with van der Waals surface area (Å²) in [5, 5.41) is 9.61. The fourth-order valence-electron chi connectivity index (χ4n) is 2.95. The van der Waals surface area contributed by atoms with Gasteiger partial charge in [-0.2, -0.15) is 0 Å². The van der Waals surface area contributed by atoms with Crippen LogP contribution in [0.15, 0.2) is 73.1 Å². The minimum absolute atomic E-state index is 0.211. The zero-order valence-electron chi connectivity index (χ0n) is 15.2. The first-order chi connectivity index (χ1) is 12.5. The molecule has 1 unspecified atom stereocenters. The summed E-state index contributed by atoms with van der Waals surface area (Å²) in [6.07, 6.45) is 4.81. The fourth-order valence-corrected chi connectivity index (χ4v) is 2.95. The molecule has 3 nitrogen and oxygen atoms in total. The maximum atomic E-state index is 13.3. The molecule has 0 bridgehead atoms. The number of rotatable bonds is 8. The smallest absolute Gasteiger partial charge is 0.352 e. The van der Waals surface area contributed by atoms with Crippen molar-refractivity contribution in [2.75, 3.05) is 0 Å². The second-order valence-corrected chi connectivity index (χ2v) is 6.04. The van der Waals surface area contributed by atoms with Crippen molar-refractivity contribution in [2.45, 2.75) is 32.7 Å². The van der Waals surface area contributed by atoms with E-state index in [-0.39, 0.29) is 17.6 Å². The van der Waals surface area contributed by atoms with Crippen LogP contribution in [0.4, 0.5) is 4.39 Å². The molecule has 0 saturated heterocycles. The van der Waals surface area contributed by atoms with Gasteiger partial charge < -0.3 is 10.0 Å². The van der Waals surface area contributed by atoms with Gasteiger partial charge in [-0.05, 0) is 48.4 Å². The molecule has 4 heteroatoms. The number of halogens is 1. The Kier molecular flexibility index (Phi) is 6.73. The Morgan fingerprint density at radius 2 is 1.88 bits per heavy atom. The van der Waals surface area contributed by atoms with Crippen LogP contribution in [-0.4, -0.2) is 16.0 Å². The van der Waals surface area contributed by atoms with E-state index in [9.17, 15) is 14.3 Å². The van der Waals surface area contributed by atoms with E-state index in [0.29, 0.717) is 6.42 Å². The second kappa shape index (κ2) is 8.99. The van der Waals surface area contributed by atoms with Crippen molar-refractivity contribution in [3.63, 3.8) is 0 Å². The second-order valence-electron chi connectivity index (χ2n) is 6.04. The molecule has 0 heterocycles. The van der Waals surface area contributed by atoms with Crippen molar-refractivity contribution in [2.24, 2.45) is 0 Å². The molecule has 0 fully saturated rings. The Labute approximate surface area is 154 Å². The lowest BCUT2D eigenvalue weighted by Crippen LogP contribution is -2.26. The molecule has 2 aromatic carbocycles. The summed E-state index contributed by atoms with van der Waals surface area (Å²) in [5.41, 5.74) is 2.98. The van der Waals surface area contributed by atoms with Gasteiger partial charge in [-0.25, -0.2) is 9.18 Å². The SMILES string of the molecule is C=CN(C(=CCCC)C(=O)O)C(C)c1ccccc1-c1ccc(F)cc1. The summed E-state index contributed by atoms with van der Waals surface area (Å²) in [7, 11) is 0. The summed E-state index contributed by atoms with van der Waals surface area (Å²) < 4.78 is 13.3. The van der Waals surface area contributed by atoms with Crippen LogP contribution in [0.25, 0.3) is 11.1 Å². The van der Waals surface area contributed by atoms with Crippen LogP contribution in [0.1, 0.15) is 38.3 Å². The van der Waals surface area contributed by atoms with Crippen molar-refractivity contribution < 1.29 is 14.3 Å². The zero-order chi connectivity index (χ0) is 19.1. The molecule has 0 amide bonds. The summed E-state index contributed by atoms with van der Waals surface area (Å²) in [6.45, 7) is 7.74. The molecule has 1 atom stereocenters. The Morgan fingerprint density at radius 1 is 1.23 bits per heavy atom. The molecule has 0 saturated carbocycles. The number of carboxylic acids is 1. The average molecular weight is 353 g/mol. The highest BCUT2D eigenvalue weighted by molar-refractivity contribution is 5.86. The maximum absolute atomic E-state index is 13.3. The number of carbonyl (C=O) groups is 1. The van der Waals surface area contributed by atoms with E-state index < -0.39 is 5.97 Å². The highest BCUT2D eigenvalue weighted by atomic mass is 19.1. The lowest BCUT2D eigenvalue weighted by Gasteiger charge is -2.30. The van der Waals surface area contributed by atoms with Gasteiger partial charge in [0.15, 0.2) is 0 Å². The minimum Gasteiger partial charge on any atom is -0.477 e. The summed E-state index contributed by atoms with van der Waals surface area (Å²) >= 11 is 0. The molecule has 136 valence electrons. The van der Waals surface area contributed by atoms with E-state index >= 15 is 0 Å². The summed E-state index contributed by atoms with van der Waals surface area (Å²) in [5.74, 6) is -1.27. The number of hydrogen-bond donors (Lipinski definition) is 1. The monoisotopic (exact) mass is 353 g/mol. The van der Waals surface area contributed by atoms with E-state index in [0.717, 1.165) is 23.1 Å². The van der Waals surface area contributed by atoms with Crippen LogP contribution in [-0.2, 0) is 4.79 Å². The number of nitrogens with zero attached hydrogens (tertiary/aromatic N) is 1. The number of carboxylic acid groups (broad SMARTS) is 1. The third-order valence-electron chi connectivity index (χ3n) is 4.30. The molecule has 0 aliphatic rings. The van der Waals surface area contributed by atoms with E-state index in [1.165, 1.54) is 12.1 Å². The lowest BCUT2D eigenvalue weighted by molar-refractivity contribution is -0.134. The Morgan fingerprint density at radius 3 is 2.46 bits per heavy atom. The van der Waals surface area contributed by atoms with Gasteiger partial charge in [0.05, 0.1) is 6.04 Å². The highest BCUT2D eigenvalue weighted by Crippen LogP contribution is 2.33. The molecule has 2 rings (SSSR count). The minimum atomic E-state index is -0.982. The lowest BCUT2D eigenvalue weighted by atomic mass is 9.94. The zero-order valence-corrected chi connectivity index (χ0v) is 15.2. The van der Waals surface area contributed by atoms with Crippen molar-refractivity contribution in [1.29, 1.82) is 0 Å². The van der Waals surface area contributed by atoms with Crippen LogP contribution < -0.4 is 0 Å². The molecule has 0 aromatic heterocycles. The van der Waals surface area contributed by atoms with Gasteiger partial charge in [-0.15, -0.1) is 0 Å². The Balaban J connectivity index is 2.47. The number of allylic oxidation sites excluding steroid dienone is 1. The van der Waals surface area contributed by atoms with Crippen molar-refractivity contribution in [3.05, 3.63) is 84.5 Å². The van der Waals surface area contributed by atoms with E-state index in [4.69, 9.17) is 0 Å². The first-order valence-electron chi connectivity index (χ1n) is 8.68. The van der Waals surface area contributed by atoms with Gasteiger partial charge in [0.2, 0.25) is 0 Å². The number of benzene rings is 2. The van der Waals surface area contributed by atoms with E-state index in [2.05, 4.69) is 6.58 Å². The normalized spacial score (nSPS) is 12.5. The quantitative estimate of drug-likeness (QED) is 0.613. The molecule has 0 aliphatic carbocycles. The van der Waals surface area contributed by atoms with E-state index in [1.54, 1.807) is 29.3 Å². The van der Waals surface area contributed by atoms with Crippen LogP contribution in [0.5, 0.6) is 0 Å². The van der Waals surface area contributed by atoms with Crippen LogP contribution >= 0.6 is 0 Å². The third kappa shape index (κ3) is 4.39. The van der Waals surface area contributed by atoms with Gasteiger partial charge in [0, 0.05) is 0 Å². The van der Waals surface area contributed by atoms with Gasteiger partial charge in [-0.3, -0.25) is 0 Å². The largest absolute Gasteiger partial charge is 0.477 e. The number of unbranched alkanes of at least 4 members (excludes halogenated alkanes) is 1. The standard InChI is InChI=1S/C22H24FNO2/c1-4-6-11-21(22(25)26)24(5-2)16(3)19-9-7-8-10-20(19)17-12-14-18(23)15-13-17/h5,7-16H,2,4,6H2,1,3H3,(H,25,26). The van der Waals surface area contributed by atoms with Crippen LogP contribution in [0, 0.1) is 5.82 Å². The van der Waals surface area contributed by atoms with Gasteiger partial charge in [0.25, 0.3) is 0 Å². The summed E-state index contributed by atoms with van der Waals surface area (Å²) in [4.78, 5) is 13.4. The van der Waals surface area contributed by atoms with Crippen molar-refractivity contribution in [1.82, 2.24) is 4.90 Å². The topological polar surface area (TPSA) is 40.5 Å². The Hall–Kier alpha value is -2.88. The van der Waals surface area contributed by atoms with E-state index in [1.807, 2.05) is 38.1 Å². The molecular weight excluding hydrogens is 329 g/mol. The van der Waals surface area contributed by atoms with Crippen LogP contribution in [0.3, 0.4) is 0 Å². The molecule has 2 aromatic rings. The van der Waals surface area contributed by atoms with Gasteiger partial charge in [-0.1, -0.05) is 62.4 Å². The van der Waals surface area contributed by atoms with Gasteiger partial charge in [0.1, 0.15) is 11.5 Å². The highest BCUT2D eigenvalue weighted by Gasteiger charge is 2.22. The molecule has 26 heavy (non-hydrogen) atoms. The number of hydrogen-bond acceptors (Lipinski definition) is 2. The maximum Gasteiger partial charge on any atom is 0.352 e. The predicted octanol–water partition coefficient (Wildman–Crippen LogP) is 5.77. The predicted molar refractivity (Wildman–Crippen MR) is 103 cm³/mol. The summed E-state index contributed by atoms with van der Waals surface area (Å²) in [6, 6.07) is 13.8. The Bertz CT molecular complexity index is 796. The molecule has 0 spiro atoms. The average Bonchev–Trinajstić information content (AvgIpc) is 2.65. The van der Waals surface area contributed by atoms with Crippen molar-refractivity contribution in [3.8, 4) is 11.1 Å². The molecular formula is C22H24FNO2. The first kappa shape index (κ1) is 19.4. The first-order valence-corrected chi connectivity index (χ1v) is 8.68. The fraction of sp³-hybridized carbons (Fsp3) is 0.227. The van der Waals surface area contributed by atoms with Crippen molar-refractivity contribution >= 4 is 5.97 Å². The number of aliphatic carboxylic acids is 1. The van der Waals surface area contributed by atoms with Crippen LogP contribution in [0.2, 0.25) is 0 Å². The van der Waals surface area contributed by atoms with Gasteiger partial charge >= 0.3 is 5.97 Å².